The number of hydrogen-bond acceptors (Lipinski definition) is 5. The average Bonchev–Trinajstić information content (AvgIpc) is 2.51. The molecule has 102 valence electrons. The highest BCUT2D eigenvalue weighted by Gasteiger charge is 2.35. The molecule has 0 unspecified atom stereocenters. The topological polar surface area (TPSA) is 104 Å². The zero-order chi connectivity index (χ0) is 14.2. The summed E-state index contributed by atoms with van der Waals surface area (Å²) in [7, 11) is -3.94. The third-order valence-corrected chi connectivity index (χ3v) is 3.97. The summed E-state index contributed by atoms with van der Waals surface area (Å²) >= 11 is 0. The van der Waals surface area contributed by atoms with Crippen LogP contribution in [0.25, 0.3) is 0 Å². The van der Waals surface area contributed by atoms with Crippen molar-refractivity contribution in [1.82, 2.24) is 4.72 Å². The molecule has 0 atom stereocenters. The molecule has 0 radical (unpaired) electrons. The van der Waals surface area contributed by atoms with E-state index in [0.29, 0.717) is 5.56 Å². The summed E-state index contributed by atoms with van der Waals surface area (Å²) < 4.78 is 25.8. The number of aromatic hydroxyl groups is 1. The SMILES string of the molecule is CC(=O)Cc1ccc(N2CC(=O)NS2(=O)=O)c(O)c1. The van der Waals surface area contributed by atoms with Gasteiger partial charge in [-0.25, -0.2) is 9.03 Å². The zero-order valence-electron chi connectivity index (χ0n) is 10.1. The van der Waals surface area contributed by atoms with Crippen LogP contribution < -0.4 is 9.03 Å². The molecule has 0 spiro atoms. The molecule has 0 bridgehead atoms. The van der Waals surface area contributed by atoms with Gasteiger partial charge in [0.1, 0.15) is 18.1 Å². The van der Waals surface area contributed by atoms with E-state index in [1.807, 2.05) is 4.72 Å². The van der Waals surface area contributed by atoms with Gasteiger partial charge in [0.15, 0.2) is 0 Å². The molecule has 0 aliphatic carbocycles. The molecule has 1 aromatic rings. The minimum absolute atomic E-state index is 0.00523. The second kappa shape index (κ2) is 4.54. The number of hydrogen-bond donors (Lipinski definition) is 2. The number of nitrogens with zero attached hydrogens (tertiary/aromatic N) is 1. The number of amides is 1. The number of ketones is 1. The van der Waals surface area contributed by atoms with Gasteiger partial charge in [-0.2, -0.15) is 8.42 Å². The molecule has 8 heteroatoms. The Hall–Kier alpha value is -2.09. The van der Waals surface area contributed by atoms with Crippen LogP contribution in [0, 0.1) is 0 Å². The fourth-order valence-electron chi connectivity index (χ4n) is 1.84. The van der Waals surface area contributed by atoms with Crippen molar-refractivity contribution in [3.05, 3.63) is 23.8 Å². The van der Waals surface area contributed by atoms with E-state index in [2.05, 4.69) is 0 Å². The van der Waals surface area contributed by atoms with Gasteiger partial charge < -0.3 is 5.11 Å². The van der Waals surface area contributed by atoms with Gasteiger partial charge in [-0.3, -0.25) is 9.59 Å². The van der Waals surface area contributed by atoms with E-state index in [1.54, 1.807) is 0 Å². The summed E-state index contributed by atoms with van der Waals surface area (Å²) in [6.07, 6.45) is 0.151. The summed E-state index contributed by atoms with van der Waals surface area (Å²) in [6.45, 7) is 1.04. The van der Waals surface area contributed by atoms with Crippen molar-refractivity contribution in [2.75, 3.05) is 10.8 Å². The number of Topliss-reactive ketones (excluding diaryl/α,β-unsaturated/α-hetero) is 1. The van der Waals surface area contributed by atoms with Gasteiger partial charge in [0, 0.05) is 6.42 Å². The largest absolute Gasteiger partial charge is 0.506 e. The van der Waals surface area contributed by atoms with Gasteiger partial charge >= 0.3 is 10.2 Å². The Morgan fingerprint density at radius 2 is 2.16 bits per heavy atom. The molecule has 1 amide bonds. The zero-order valence-corrected chi connectivity index (χ0v) is 10.9. The van der Waals surface area contributed by atoms with Gasteiger partial charge in [0.2, 0.25) is 0 Å². The first kappa shape index (κ1) is 13.3. The lowest BCUT2D eigenvalue weighted by molar-refractivity contribution is -0.117. The number of carbonyl (C=O) groups is 2. The van der Waals surface area contributed by atoms with Gasteiger partial charge in [0.25, 0.3) is 5.91 Å². The predicted octanol–water partition coefficient (Wildman–Crippen LogP) is -0.295. The van der Waals surface area contributed by atoms with Gasteiger partial charge in [-0.15, -0.1) is 0 Å². The van der Waals surface area contributed by atoms with Crippen LogP contribution in [0.4, 0.5) is 5.69 Å². The predicted molar refractivity (Wildman–Crippen MR) is 66.9 cm³/mol. The smallest absolute Gasteiger partial charge is 0.326 e. The van der Waals surface area contributed by atoms with Crippen molar-refractivity contribution >= 4 is 27.6 Å². The van der Waals surface area contributed by atoms with Gasteiger partial charge in [-0.1, -0.05) is 6.07 Å². The molecular formula is C11H12N2O5S. The third-order valence-electron chi connectivity index (χ3n) is 2.58. The highest BCUT2D eigenvalue weighted by Crippen LogP contribution is 2.31. The molecule has 1 heterocycles. The molecule has 1 saturated heterocycles. The molecule has 1 fully saturated rings. The van der Waals surface area contributed by atoms with Crippen LogP contribution in [0.2, 0.25) is 0 Å². The number of anilines is 1. The Morgan fingerprint density at radius 3 is 2.63 bits per heavy atom. The fourth-order valence-corrected chi connectivity index (χ4v) is 3.00. The van der Waals surface area contributed by atoms with Gasteiger partial charge in [-0.05, 0) is 24.6 Å². The van der Waals surface area contributed by atoms with Crippen molar-refractivity contribution in [3.63, 3.8) is 0 Å². The second-order valence-corrected chi connectivity index (χ2v) is 5.83. The Bertz CT molecular complexity index is 653. The lowest BCUT2D eigenvalue weighted by Gasteiger charge is -2.16. The molecule has 1 aromatic carbocycles. The number of rotatable bonds is 3. The maximum absolute atomic E-state index is 11.6. The van der Waals surface area contributed by atoms with Crippen LogP contribution in [0.1, 0.15) is 12.5 Å². The van der Waals surface area contributed by atoms with E-state index in [0.717, 1.165) is 4.31 Å². The molecule has 7 nitrogen and oxygen atoms in total. The van der Waals surface area contributed by atoms with Crippen molar-refractivity contribution in [2.45, 2.75) is 13.3 Å². The highest BCUT2D eigenvalue weighted by molar-refractivity contribution is 7.92. The van der Waals surface area contributed by atoms with E-state index >= 15 is 0 Å². The van der Waals surface area contributed by atoms with E-state index in [9.17, 15) is 23.1 Å². The van der Waals surface area contributed by atoms with Crippen molar-refractivity contribution < 1.29 is 23.1 Å². The summed E-state index contributed by atoms with van der Waals surface area (Å²) in [5.74, 6) is -1.02. The van der Waals surface area contributed by atoms with Crippen molar-refractivity contribution in [3.8, 4) is 5.75 Å². The van der Waals surface area contributed by atoms with Crippen LogP contribution in [0.15, 0.2) is 18.2 Å². The van der Waals surface area contributed by atoms with Crippen LogP contribution in [-0.2, 0) is 26.2 Å². The number of phenolic OH excluding ortho intramolecular Hbond substituents is 1. The Balaban J connectivity index is 2.37. The van der Waals surface area contributed by atoms with Crippen molar-refractivity contribution in [1.29, 1.82) is 0 Å². The summed E-state index contributed by atoms with van der Waals surface area (Å²) in [6, 6.07) is 4.22. The minimum Gasteiger partial charge on any atom is -0.506 e. The standard InChI is InChI=1S/C11H12N2O5S/c1-7(14)4-8-2-3-9(10(15)5-8)13-6-11(16)12-19(13,17)18/h2-3,5,15H,4,6H2,1H3,(H,12,16). The summed E-state index contributed by atoms with van der Waals surface area (Å²) in [5, 5.41) is 9.83. The normalized spacial score (nSPS) is 17.3. The first-order valence-corrected chi connectivity index (χ1v) is 6.88. The molecule has 19 heavy (non-hydrogen) atoms. The highest BCUT2D eigenvalue weighted by atomic mass is 32.2. The maximum atomic E-state index is 11.6. The average molecular weight is 284 g/mol. The maximum Gasteiger partial charge on any atom is 0.326 e. The Morgan fingerprint density at radius 1 is 1.47 bits per heavy atom. The molecular weight excluding hydrogens is 272 g/mol. The first-order valence-electron chi connectivity index (χ1n) is 5.44. The van der Waals surface area contributed by atoms with E-state index in [1.165, 1.54) is 25.1 Å². The number of carbonyl (C=O) groups excluding carboxylic acids is 2. The molecule has 2 rings (SSSR count). The lowest BCUT2D eigenvalue weighted by atomic mass is 10.1. The van der Waals surface area contributed by atoms with E-state index < -0.39 is 16.1 Å². The summed E-state index contributed by atoms with van der Waals surface area (Å²) in [5.41, 5.74) is 0.579. The lowest BCUT2D eigenvalue weighted by Crippen LogP contribution is -2.29. The molecule has 2 N–H and O–H groups in total. The Labute approximate surface area is 110 Å². The quantitative estimate of drug-likeness (QED) is 0.793. The van der Waals surface area contributed by atoms with Crippen LogP contribution in [0.5, 0.6) is 5.75 Å². The number of phenols is 1. The summed E-state index contributed by atoms with van der Waals surface area (Å²) in [4.78, 5) is 22.1. The fraction of sp³-hybridized carbons (Fsp3) is 0.273. The van der Waals surface area contributed by atoms with Crippen LogP contribution in [-0.4, -0.2) is 31.8 Å². The molecule has 0 aromatic heterocycles. The molecule has 1 aliphatic rings. The van der Waals surface area contributed by atoms with Crippen LogP contribution in [0.3, 0.4) is 0 Å². The Kier molecular flexibility index (Phi) is 3.19. The monoisotopic (exact) mass is 284 g/mol. The van der Waals surface area contributed by atoms with E-state index in [4.69, 9.17) is 0 Å². The number of nitrogens with one attached hydrogen (secondary N) is 1. The molecule has 0 saturated carbocycles. The second-order valence-electron chi connectivity index (χ2n) is 4.24. The number of benzene rings is 1. The van der Waals surface area contributed by atoms with Crippen molar-refractivity contribution in [2.24, 2.45) is 0 Å². The van der Waals surface area contributed by atoms with Crippen LogP contribution >= 0.6 is 0 Å². The first-order chi connectivity index (χ1) is 8.79. The third kappa shape index (κ3) is 2.68. The van der Waals surface area contributed by atoms with Gasteiger partial charge in [0.05, 0.1) is 5.69 Å². The van der Waals surface area contributed by atoms with E-state index in [-0.39, 0.29) is 30.2 Å². The molecule has 1 aliphatic heterocycles. The minimum atomic E-state index is -3.94.